The molecule has 7 aromatic rings. The lowest BCUT2D eigenvalue weighted by Gasteiger charge is -2.29. The van der Waals surface area contributed by atoms with Crippen LogP contribution in [0.5, 0.6) is 0 Å². The molecule has 0 aliphatic heterocycles. The largest absolute Gasteiger partial charge is 0.310 e. The van der Waals surface area contributed by atoms with Crippen LogP contribution in [0.2, 0.25) is 0 Å². The summed E-state index contributed by atoms with van der Waals surface area (Å²) in [4.78, 5) is 2.46. The van der Waals surface area contributed by atoms with Gasteiger partial charge in [0, 0.05) is 22.5 Å². The fourth-order valence-electron chi connectivity index (χ4n) is 9.00. The zero-order chi connectivity index (χ0) is 34.5. The number of aryl methyl sites for hydroxylation is 1. The van der Waals surface area contributed by atoms with Gasteiger partial charge in [0.15, 0.2) is 0 Å². The summed E-state index contributed by atoms with van der Waals surface area (Å²) < 4.78 is 0. The molecule has 0 saturated heterocycles. The predicted octanol–water partition coefficient (Wildman–Crippen LogP) is 14.3. The minimum atomic E-state index is -0.0724. The molecular weight excluding hydrogens is 615 g/mol. The molecule has 0 atom stereocenters. The average Bonchev–Trinajstić information content (AvgIpc) is 3.42. The molecule has 0 spiro atoms. The molecule has 0 amide bonds. The van der Waals surface area contributed by atoms with Gasteiger partial charge in [-0.3, -0.25) is 0 Å². The van der Waals surface area contributed by atoms with Gasteiger partial charge in [-0.1, -0.05) is 136 Å². The van der Waals surface area contributed by atoms with Gasteiger partial charge >= 0.3 is 0 Å². The first-order valence-electron chi connectivity index (χ1n) is 18.8. The second kappa shape index (κ2) is 12.7. The van der Waals surface area contributed by atoms with Crippen LogP contribution in [-0.2, 0) is 5.41 Å². The van der Waals surface area contributed by atoms with E-state index in [1.54, 1.807) is 0 Å². The maximum Gasteiger partial charge on any atom is 0.0465 e. The number of hydrogen-bond donors (Lipinski definition) is 0. The molecule has 9 rings (SSSR count). The molecule has 0 unspecified atom stereocenters. The van der Waals surface area contributed by atoms with Crippen molar-refractivity contribution >= 4 is 27.8 Å². The van der Waals surface area contributed by atoms with Gasteiger partial charge in [-0.2, -0.15) is 0 Å². The Bertz CT molecular complexity index is 2360. The third kappa shape index (κ3) is 5.56. The molecule has 0 N–H and O–H groups in total. The third-order valence-corrected chi connectivity index (χ3v) is 11.8. The summed E-state index contributed by atoms with van der Waals surface area (Å²) in [6.07, 6.45) is 6.69. The Morgan fingerprint density at radius 3 is 1.75 bits per heavy atom. The molecule has 0 radical (unpaired) electrons. The van der Waals surface area contributed by atoms with Crippen LogP contribution in [0.4, 0.5) is 17.1 Å². The first-order valence-corrected chi connectivity index (χ1v) is 18.8. The summed E-state index contributed by atoms with van der Waals surface area (Å²) in [5, 5.41) is 2.52. The highest BCUT2D eigenvalue weighted by Gasteiger charge is 2.36. The van der Waals surface area contributed by atoms with Crippen molar-refractivity contribution in [3.8, 4) is 33.4 Å². The molecule has 1 saturated carbocycles. The summed E-state index contributed by atoms with van der Waals surface area (Å²) in [5.74, 6) is 0.684. The highest BCUT2D eigenvalue weighted by Crippen LogP contribution is 2.52. The van der Waals surface area contributed by atoms with E-state index < -0.39 is 0 Å². The van der Waals surface area contributed by atoms with Crippen molar-refractivity contribution in [1.82, 2.24) is 0 Å². The van der Waals surface area contributed by atoms with E-state index in [0.717, 1.165) is 5.69 Å². The second-order valence-electron chi connectivity index (χ2n) is 15.3. The van der Waals surface area contributed by atoms with Gasteiger partial charge in [0.05, 0.1) is 0 Å². The Balaban J connectivity index is 1.16. The van der Waals surface area contributed by atoms with Crippen molar-refractivity contribution in [2.75, 3.05) is 4.90 Å². The van der Waals surface area contributed by atoms with Crippen molar-refractivity contribution in [3.05, 3.63) is 174 Å². The smallest absolute Gasteiger partial charge is 0.0465 e. The van der Waals surface area contributed by atoms with Gasteiger partial charge in [-0.15, -0.1) is 0 Å². The number of benzene rings is 7. The molecule has 7 aromatic carbocycles. The van der Waals surface area contributed by atoms with Gasteiger partial charge in [-0.05, 0) is 141 Å². The topological polar surface area (TPSA) is 3.24 Å². The molecule has 1 nitrogen and oxygen atoms in total. The lowest BCUT2D eigenvalue weighted by molar-refractivity contribution is 0.443. The average molecular weight is 660 g/mol. The molecule has 2 aliphatic rings. The number of nitrogens with zero attached hydrogens (tertiary/aromatic N) is 1. The Morgan fingerprint density at radius 2 is 1.08 bits per heavy atom. The van der Waals surface area contributed by atoms with Gasteiger partial charge in [0.2, 0.25) is 0 Å². The van der Waals surface area contributed by atoms with Crippen molar-refractivity contribution in [2.45, 2.75) is 64.2 Å². The van der Waals surface area contributed by atoms with Gasteiger partial charge < -0.3 is 4.90 Å². The fraction of sp³-hybridized carbons (Fsp3) is 0.200. The Hall–Kier alpha value is -5.40. The van der Waals surface area contributed by atoms with Crippen molar-refractivity contribution in [1.29, 1.82) is 0 Å². The van der Waals surface area contributed by atoms with Crippen molar-refractivity contribution in [2.24, 2.45) is 0 Å². The van der Waals surface area contributed by atoms with E-state index in [9.17, 15) is 0 Å². The first kappa shape index (κ1) is 31.6. The number of rotatable bonds is 6. The zero-order valence-electron chi connectivity index (χ0n) is 30.0. The van der Waals surface area contributed by atoms with Crippen LogP contribution in [0.25, 0.3) is 44.2 Å². The molecule has 1 heteroatoms. The molecule has 0 bridgehead atoms. The monoisotopic (exact) mass is 659 g/mol. The van der Waals surface area contributed by atoms with E-state index >= 15 is 0 Å². The second-order valence-corrected chi connectivity index (χ2v) is 15.3. The number of anilines is 3. The first-order chi connectivity index (χ1) is 25.0. The normalized spacial score (nSPS) is 15.0. The molecule has 51 heavy (non-hydrogen) atoms. The van der Waals surface area contributed by atoms with E-state index in [1.165, 1.54) is 110 Å². The highest BCUT2D eigenvalue weighted by molar-refractivity contribution is 5.97. The van der Waals surface area contributed by atoms with Gasteiger partial charge in [-0.25, -0.2) is 0 Å². The van der Waals surface area contributed by atoms with E-state index in [1.807, 2.05) is 0 Å². The summed E-state index contributed by atoms with van der Waals surface area (Å²) in [5.41, 5.74) is 16.9. The van der Waals surface area contributed by atoms with Crippen LogP contribution in [0.15, 0.2) is 152 Å². The van der Waals surface area contributed by atoms with Gasteiger partial charge in [0.1, 0.15) is 0 Å². The molecule has 1 fully saturated rings. The summed E-state index contributed by atoms with van der Waals surface area (Å²) >= 11 is 0. The van der Waals surface area contributed by atoms with Crippen molar-refractivity contribution < 1.29 is 0 Å². The van der Waals surface area contributed by atoms with E-state index in [-0.39, 0.29) is 5.41 Å². The minimum Gasteiger partial charge on any atom is -0.310 e. The lowest BCUT2D eigenvalue weighted by atomic mass is 9.82. The van der Waals surface area contributed by atoms with E-state index in [0.29, 0.717) is 5.92 Å². The SMILES string of the molecule is Cc1cccc2c1-c1ccc(N(c3ccc(-c4cc5ccccc5cc4-c4ccccc4)cc3)c3ccc(C4CCCCC4)cc3)cc1C2(C)C. The zero-order valence-corrected chi connectivity index (χ0v) is 30.0. The molecule has 2 aliphatic carbocycles. The van der Waals surface area contributed by atoms with Crippen LogP contribution < -0.4 is 4.90 Å². The van der Waals surface area contributed by atoms with Crippen LogP contribution in [-0.4, -0.2) is 0 Å². The lowest BCUT2D eigenvalue weighted by Crippen LogP contribution is -2.16. The van der Waals surface area contributed by atoms with E-state index in [2.05, 4.69) is 177 Å². The fourth-order valence-corrected chi connectivity index (χ4v) is 9.00. The molecule has 0 aromatic heterocycles. The van der Waals surface area contributed by atoms with E-state index in [4.69, 9.17) is 0 Å². The maximum atomic E-state index is 2.46. The van der Waals surface area contributed by atoms with Crippen molar-refractivity contribution in [3.63, 3.8) is 0 Å². The molecule has 250 valence electrons. The third-order valence-electron chi connectivity index (χ3n) is 11.8. The highest BCUT2D eigenvalue weighted by atomic mass is 15.1. The Morgan fingerprint density at radius 1 is 0.490 bits per heavy atom. The van der Waals surface area contributed by atoms with Crippen LogP contribution >= 0.6 is 0 Å². The van der Waals surface area contributed by atoms with Crippen LogP contribution in [0, 0.1) is 6.92 Å². The summed E-state index contributed by atoms with van der Waals surface area (Å²) in [6.45, 7) is 7.01. The van der Waals surface area contributed by atoms with Crippen LogP contribution in [0.1, 0.15) is 74.1 Å². The maximum absolute atomic E-state index is 2.46. The quantitative estimate of drug-likeness (QED) is 0.172. The Kier molecular flexibility index (Phi) is 7.88. The van der Waals surface area contributed by atoms with Gasteiger partial charge in [0.25, 0.3) is 0 Å². The number of fused-ring (bicyclic) bond motifs is 4. The minimum absolute atomic E-state index is 0.0724. The summed E-state index contributed by atoms with van der Waals surface area (Å²) in [6, 6.07) is 56.8. The molecule has 0 heterocycles. The predicted molar refractivity (Wildman–Crippen MR) is 218 cm³/mol. The Labute approximate surface area is 303 Å². The molecular formula is C50H45N. The number of hydrogen-bond acceptors (Lipinski definition) is 1. The standard InChI is InChI=1S/C50H45N/c1-34-13-12-20-47-49(34)44-30-29-43(33-48(44)50(47,2)3)51(41-25-21-36(22-26-41)35-14-6-4-7-15-35)42-27-23-38(24-28-42)46-32-40-19-11-10-18-39(40)31-45(46)37-16-8-5-9-17-37/h5,8-13,16-33,35H,4,6-7,14-15H2,1-3H3. The summed E-state index contributed by atoms with van der Waals surface area (Å²) in [7, 11) is 0. The van der Waals surface area contributed by atoms with Crippen LogP contribution in [0.3, 0.4) is 0 Å².